The second kappa shape index (κ2) is 8.74. The number of nitrogens with one attached hydrogen (secondary N) is 1. The van der Waals surface area contributed by atoms with E-state index in [2.05, 4.69) is 22.6 Å². The van der Waals surface area contributed by atoms with Gasteiger partial charge in [-0.05, 0) is 73.7 Å². The number of benzene rings is 2. The third-order valence-electron chi connectivity index (χ3n) is 5.16. The molecule has 1 aliphatic carbocycles. The molecule has 0 unspecified atom stereocenters. The number of hydrogen-bond acceptors (Lipinski definition) is 5. The van der Waals surface area contributed by atoms with Gasteiger partial charge in [0.25, 0.3) is 0 Å². The molecular weight excluding hydrogens is 384 g/mol. The van der Waals surface area contributed by atoms with Crippen LogP contribution < -0.4 is 10.1 Å². The average molecular weight is 409 g/mol. The molecule has 6 heteroatoms. The van der Waals surface area contributed by atoms with Gasteiger partial charge in [0.15, 0.2) is 0 Å². The van der Waals surface area contributed by atoms with Crippen LogP contribution in [-0.2, 0) is 23.4 Å². The van der Waals surface area contributed by atoms with E-state index in [4.69, 9.17) is 9.26 Å². The summed E-state index contributed by atoms with van der Waals surface area (Å²) in [5.41, 5.74) is 5.38. The summed E-state index contributed by atoms with van der Waals surface area (Å²) in [5.74, 6) is 2.14. The minimum Gasteiger partial charge on any atom is -0.497 e. The highest BCUT2D eigenvalue weighted by molar-refractivity contribution is 7.99. The van der Waals surface area contributed by atoms with E-state index in [-0.39, 0.29) is 11.2 Å². The van der Waals surface area contributed by atoms with Gasteiger partial charge in [0, 0.05) is 17.3 Å². The van der Waals surface area contributed by atoms with Crippen molar-refractivity contribution in [3.8, 4) is 17.0 Å². The van der Waals surface area contributed by atoms with Crippen molar-refractivity contribution in [1.82, 2.24) is 5.16 Å². The van der Waals surface area contributed by atoms with Crippen LogP contribution in [0.15, 0.2) is 53.1 Å². The molecular formula is C23H24N2O3S. The zero-order valence-electron chi connectivity index (χ0n) is 16.6. The highest BCUT2D eigenvalue weighted by Gasteiger charge is 2.17. The molecule has 1 heterocycles. The highest BCUT2D eigenvalue weighted by atomic mass is 32.2. The number of hydrogen-bond donors (Lipinski definition) is 1. The van der Waals surface area contributed by atoms with Crippen LogP contribution in [0, 0.1) is 0 Å². The predicted molar refractivity (Wildman–Crippen MR) is 116 cm³/mol. The number of aromatic nitrogens is 1. The molecule has 1 aliphatic rings. The number of amides is 1. The average Bonchev–Trinajstić information content (AvgIpc) is 3.41. The number of fused-ring (bicyclic) bond motifs is 1. The molecule has 150 valence electrons. The first-order valence-corrected chi connectivity index (χ1v) is 10.8. The van der Waals surface area contributed by atoms with Crippen molar-refractivity contribution in [3.05, 3.63) is 65.4 Å². The summed E-state index contributed by atoms with van der Waals surface area (Å²) in [6.07, 6.45) is 3.45. The van der Waals surface area contributed by atoms with Crippen molar-refractivity contribution in [2.75, 3.05) is 12.4 Å². The number of aryl methyl sites for hydroxylation is 2. The Labute approximate surface area is 174 Å². The van der Waals surface area contributed by atoms with Crippen LogP contribution in [0.5, 0.6) is 5.75 Å². The van der Waals surface area contributed by atoms with Gasteiger partial charge in [-0.1, -0.05) is 11.2 Å². The molecule has 0 radical (unpaired) electrons. The summed E-state index contributed by atoms with van der Waals surface area (Å²) in [4.78, 5) is 12.5. The predicted octanol–water partition coefficient (Wildman–Crippen LogP) is 5.10. The molecule has 0 fully saturated rings. The van der Waals surface area contributed by atoms with Gasteiger partial charge >= 0.3 is 0 Å². The van der Waals surface area contributed by atoms with E-state index in [9.17, 15) is 4.79 Å². The quantitative estimate of drug-likeness (QED) is 0.589. The Kier molecular flexibility index (Phi) is 5.90. The smallest absolute Gasteiger partial charge is 0.237 e. The number of thioether (sulfide) groups is 1. The highest BCUT2D eigenvalue weighted by Crippen LogP contribution is 2.27. The molecule has 0 bridgehead atoms. The van der Waals surface area contributed by atoms with Gasteiger partial charge in [-0.3, -0.25) is 4.79 Å². The Morgan fingerprint density at radius 3 is 2.76 bits per heavy atom. The fraction of sp³-hybridized carbons (Fsp3) is 0.304. The molecule has 1 N–H and O–H groups in total. The molecule has 5 nitrogen and oxygen atoms in total. The number of methoxy groups -OCH3 is 1. The van der Waals surface area contributed by atoms with E-state index in [1.54, 1.807) is 7.11 Å². The molecule has 0 saturated carbocycles. The zero-order valence-corrected chi connectivity index (χ0v) is 17.4. The van der Waals surface area contributed by atoms with Crippen molar-refractivity contribution in [1.29, 1.82) is 0 Å². The number of nitrogens with zero attached hydrogens (tertiary/aromatic N) is 1. The van der Waals surface area contributed by atoms with Crippen LogP contribution in [-0.4, -0.2) is 23.4 Å². The minimum absolute atomic E-state index is 0.00263. The summed E-state index contributed by atoms with van der Waals surface area (Å²) >= 11 is 1.53. The summed E-state index contributed by atoms with van der Waals surface area (Å²) in [6.45, 7) is 1.91. The van der Waals surface area contributed by atoms with Crippen LogP contribution in [0.4, 0.5) is 5.69 Å². The number of carbonyl (C=O) groups is 1. The van der Waals surface area contributed by atoms with Crippen molar-refractivity contribution in [2.45, 2.75) is 37.2 Å². The number of rotatable bonds is 7. The van der Waals surface area contributed by atoms with Crippen LogP contribution in [0.25, 0.3) is 11.3 Å². The molecule has 0 aliphatic heterocycles. The van der Waals surface area contributed by atoms with E-state index < -0.39 is 0 Å². The fourth-order valence-electron chi connectivity index (χ4n) is 3.46. The summed E-state index contributed by atoms with van der Waals surface area (Å²) in [6, 6.07) is 15.8. The maximum Gasteiger partial charge on any atom is 0.237 e. The maximum atomic E-state index is 12.5. The SMILES string of the molecule is COc1ccc(-c2cc(CS[C@@H](C)C(=O)Nc3ccc4c(c3)CCC4)on2)cc1. The second-order valence-electron chi connectivity index (χ2n) is 7.19. The van der Waals surface area contributed by atoms with Crippen LogP contribution in [0.1, 0.15) is 30.2 Å². The molecule has 1 atom stereocenters. The second-order valence-corrected chi connectivity index (χ2v) is 8.52. The number of ether oxygens (including phenoxy) is 1. The van der Waals surface area contributed by atoms with Gasteiger partial charge in [0.05, 0.1) is 18.1 Å². The monoisotopic (exact) mass is 408 g/mol. The third-order valence-corrected chi connectivity index (χ3v) is 6.32. The van der Waals surface area contributed by atoms with Crippen LogP contribution in [0.2, 0.25) is 0 Å². The van der Waals surface area contributed by atoms with E-state index in [0.29, 0.717) is 5.75 Å². The van der Waals surface area contributed by atoms with Gasteiger partial charge in [-0.2, -0.15) is 0 Å². The summed E-state index contributed by atoms with van der Waals surface area (Å²) < 4.78 is 10.6. The van der Waals surface area contributed by atoms with E-state index in [0.717, 1.165) is 41.3 Å². The number of anilines is 1. The normalized spacial score (nSPS) is 13.7. The molecule has 29 heavy (non-hydrogen) atoms. The van der Waals surface area contributed by atoms with Crippen LogP contribution in [0.3, 0.4) is 0 Å². The lowest BCUT2D eigenvalue weighted by molar-refractivity contribution is -0.115. The number of carbonyl (C=O) groups excluding carboxylic acids is 1. The first kappa shape index (κ1) is 19.6. The minimum atomic E-state index is -0.196. The Morgan fingerprint density at radius 1 is 1.17 bits per heavy atom. The van der Waals surface area contributed by atoms with Gasteiger partial charge in [-0.15, -0.1) is 11.8 Å². The Morgan fingerprint density at radius 2 is 1.97 bits per heavy atom. The molecule has 4 rings (SSSR count). The first-order chi connectivity index (χ1) is 14.1. The molecule has 3 aromatic rings. The maximum absolute atomic E-state index is 12.5. The van der Waals surface area contributed by atoms with Crippen molar-refractivity contribution >= 4 is 23.4 Å². The molecule has 1 amide bonds. The lowest BCUT2D eigenvalue weighted by Gasteiger charge is -2.12. The lowest BCUT2D eigenvalue weighted by atomic mass is 10.1. The molecule has 0 saturated heterocycles. The topological polar surface area (TPSA) is 64.4 Å². The van der Waals surface area contributed by atoms with Crippen molar-refractivity contribution in [3.63, 3.8) is 0 Å². The van der Waals surface area contributed by atoms with E-state index >= 15 is 0 Å². The summed E-state index contributed by atoms with van der Waals surface area (Å²) in [7, 11) is 1.64. The Hall–Kier alpha value is -2.73. The van der Waals surface area contributed by atoms with Gasteiger partial charge in [-0.25, -0.2) is 0 Å². The standard InChI is InChI=1S/C23H24N2O3S/c1-15(23(26)24-19-9-6-16-4-3-5-18(16)12-19)29-14-21-13-22(25-28-21)17-7-10-20(27-2)11-8-17/h6-13,15H,3-5,14H2,1-2H3,(H,24,26)/t15-/m0/s1. The van der Waals surface area contributed by atoms with Crippen LogP contribution >= 0.6 is 11.8 Å². The zero-order chi connectivity index (χ0) is 20.2. The van der Waals surface area contributed by atoms with E-state index in [1.165, 1.54) is 29.3 Å². The largest absolute Gasteiger partial charge is 0.497 e. The van der Waals surface area contributed by atoms with Gasteiger partial charge < -0.3 is 14.6 Å². The van der Waals surface area contributed by atoms with Gasteiger partial charge in [0.2, 0.25) is 5.91 Å². The van der Waals surface area contributed by atoms with Crippen molar-refractivity contribution < 1.29 is 14.1 Å². The third kappa shape index (κ3) is 4.65. The van der Waals surface area contributed by atoms with E-state index in [1.807, 2.05) is 43.3 Å². The molecule has 0 spiro atoms. The fourth-order valence-corrected chi connectivity index (χ4v) is 4.22. The molecule has 2 aromatic carbocycles. The molecule has 1 aromatic heterocycles. The summed E-state index contributed by atoms with van der Waals surface area (Å²) in [5, 5.41) is 6.97. The first-order valence-electron chi connectivity index (χ1n) is 9.76. The van der Waals surface area contributed by atoms with Crippen molar-refractivity contribution in [2.24, 2.45) is 0 Å². The Balaban J connectivity index is 1.31. The Bertz CT molecular complexity index is 998. The van der Waals surface area contributed by atoms with Gasteiger partial charge in [0.1, 0.15) is 17.2 Å². The lowest BCUT2D eigenvalue weighted by Crippen LogP contribution is -2.22.